The van der Waals surface area contributed by atoms with Gasteiger partial charge in [0.25, 0.3) is 0 Å². The first kappa shape index (κ1) is 11.8. The van der Waals surface area contributed by atoms with E-state index in [0.29, 0.717) is 5.88 Å². The zero-order valence-electron chi connectivity index (χ0n) is 10.8. The van der Waals surface area contributed by atoms with Gasteiger partial charge in [-0.05, 0) is 39.5 Å². The molecule has 1 N–H and O–H groups in total. The monoisotopic (exact) mass is 232 g/mol. The number of nitrogens with one attached hydrogen (secondary N) is 1. The lowest BCUT2D eigenvalue weighted by atomic mass is 10.2. The van der Waals surface area contributed by atoms with Crippen LogP contribution < -0.4 is 10.2 Å². The van der Waals surface area contributed by atoms with Gasteiger partial charge in [0.15, 0.2) is 5.88 Å². The minimum absolute atomic E-state index is 0.211. The van der Waals surface area contributed by atoms with Gasteiger partial charge in [0.2, 0.25) is 0 Å². The summed E-state index contributed by atoms with van der Waals surface area (Å²) >= 11 is 0. The number of rotatable bonds is 2. The van der Waals surface area contributed by atoms with Gasteiger partial charge in [-0.1, -0.05) is 12.1 Å². The Morgan fingerprint density at radius 3 is 2.76 bits per heavy atom. The molecule has 0 radical (unpaired) electrons. The van der Waals surface area contributed by atoms with E-state index in [2.05, 4.69) is 28.9 Å². The third kappa shape index (κ3) is 2.73. The van der Waals surface area contributed by atoms with Crippen LogP contribution in [0.25, 0.3) is 0 Å². The Labute approximate surface area is 103 Å². The standard InChI is InChI=1S/C14H20N2O/c1-11(17-14(2,3)4)16-10-9-15-12-7-5-6-8-13(12)16/h5-8,15H,1,9-10H2,2-4H3. The molecule has 0 saturated heterocycles. The predicted molar refractivity (Wildman–Crippen MR) is 72.3 cm³/mol. The van der Waals surface area contributed by atoms with Crippen LogP contribution in [0.4, 0.5) is 11.4 Å². The van der Waals surface area contributed by atoms with E-state index >= 15 is 0 Å². The highest BCUT2D eigenvalue weighted by Crippen LogP contribution is 2.32. The van der Waals surface area contributed by atoms with Gasteiger partial charge in [0.1, 0.15) is 5.60 Å². The van der Waals surface area contributed by atoms with E-state index < -0.39 is 0 Å². The number of benzene rings is 1. The second-order valence-corrected chi connectivity index (χ2v) is 5.20. The lowest BCUT2D eigenvalue weighted by Crippen LogP contribution is -2.36. The molecule has 1 heterocycles. The summed E-state index contributed by atoms with van der Waals surface area (Å²) in [6.07, 6.45) is 0. The second kappa shape index (κ2) is 4.32. The van der Waals surface area contributed by atoms with Gasteiger partial charge in [-0.25, -0.2) is 0 Å². The van der Waals surface area contributed by atoms with Crippen LogP contribution in [0.15, 0.2) is 36.7 Å². The van der Waals surface area contributed by atoms with Gasteiger partial charge < -0.3 is 15.0 Å². The lowest BCUT2D eigenvalue weighted by Gasteiger charge is -2.35. The molecule has 0 aromatic heterocycles. The normalized spacial score (nSPS) is 14.9. The molecule has 3 nitrogen and oxygen atoms in total. The molecule has 1 aromatic carbocycles. The van der Waals surface area contributed by atoms with Gasteiger partial charge >= 0.3 is 0 Å². The molecule has 0 atom stereocenters. The quantitative estimate of drug-likeness (QED) is 0.792. The van der Waals surface area contributed by atoms with Crippen molar-refractivity contribution in [2.24, 2.45) is 0 Å². The maximum Gasteiger partial charge on any atom is 0.187 e. The van der Waals surface area contributed by atoms with Crippen LogP contribution >= 0.6 is 0 Å². The van der Waals surface area contributed by atoms with Crippen molar-refractivity contribution in [1.82, 2.24) is 0 Å². The van der Waals surface area contributed by atoms with Crippen molar-refractivity contribution in [2.75, 3.05) is 23.3 Å². The van der Waals surface area contributed by atoms with E-state index in [9.17, 15) is 0 Å². The van der Waals surface area contributed by atoms with Crippen molar-refractivity contribution >= 4 is 11.4 Å². The average Bonchev–Trinajstić information content (AvgIpc) is 2.26. The molecule has 0 bridgehead atoms. The molecule has 92 valence electrons. The minimum atomic E-state index is -0.211. The third-order valence-electron chi connectivity index (χ3n) is 2.57. The predicted octanol–water partition coefficient (Wildman–Crippen LogP) is 3.20. The van der Waals surface area contributed by atoms with Crippen molar-refractivity contribution in [3.05, 3.63) is 36.7 Å². The minimum Gasteiger partial charge on any atom is -0.474 e. The molecule has 17 heavy (non-hydrogen) atoms. The van der Waals surface area contributed by atoms with E-state index in [1.807, 2.05) is 32.9 Å². The zero-order chi connectivity index (χ0) is 12.5. The first-order chi connectivity index (χ1) is 7.97. The zero-order valence-corrected chi connectivity index (χ0v) is 10.8. The number of hydrogen-bond donors (Lipinski definition) is 1. The van der Waals surface area contributed by atoms with E-state index in [4.69, 9.17) is 4.74 Å². The highest BCUT2D eigenvalue weighted by atomic mass is 16.5. The van der Waals surface area contributed by atoms with Crippen molar-refractivity contribution in [1.29, 1.82) is 0 Å². The van der Waals surface area contributed by atoms with E-state index in [0.717, 1.165) is 24.5 Å². The second-order valence-electron chi connectivity index (χ2n) is 5.20. The summed E-state index contributed by atoms with van der Waals surface area (Å²) < 4.78 is 5.84. The molecule has 1 aliphatic rings. The molecule has 0 aliphatic carbocycles. The lowest BCUT2D eigenvalue weighted by molar-refractivity contribution is 0.0490. The van der Waals surface area contributed by atoms with Crippen molar-refractivity contribution in [2.45, 2.75) is 26.4 Å². The molecule has 3 heteroatoms. The van der Waals surface area contributed by atoms with Crippen LogP contribution in [-0.4, -0.2) is 18.7 Å². The van der Waals surface area contributed by atoms with Gasteiger partial charge in [-0.3, -0.25) is 0 Å². The summed E-state index contributed by atoms with van der Waals surface area (Å²) in [5, 5.41) is 3.37. The first-order valence-electron chi connectivity index (χ1n) is 5.96. The fourth-order valence-electron chi connectivity index (χ4n) is 1.95. The fourth-order valence-corrected chi connectivity index (χ4v) is 1.95. The summed E-state index contributed by atoms with van der Waals surface area (Å²) in [4.78, 5) is 2.12. The van der Waals surface area contributed by atoms with Crippen molar-refractivity contribution in [3.63, 3.8) is 0 Å². The van der Waals surface area contributed by atoms with Gasteiger partial charge in [0.05, 0.1) is 11.4 Å². The number of fused-ring (bicyclic) bond motifs is 1. The Kier molecular flexibility index (Phi) is 3.01. The molecular formula is C14H20N2O. The number of para-hydroxylation sites is 2. The highest BCUT2D eigenvalue weighted by Gasteiger charge is 2.22. The van der Waals surface area contributed by atoms with Gasteiger partial charge in [-0.2, -0.15) is 0 Å². The molecule has 1 aromatic rings. The Morgan fingerprint density at radius 2 is 2.06 bits per heavy atom. The largest absolute Gasteiger partial charge is 0.474 e. The first-order valence-corrected chi connectivity index (χ1v) is 5.96. The molecule has 0 amide bonds. The molecular weight excluding hydrogens is 212 g/mol. The Hall–Kier alpha value is -1.64. The number of nitrogens with zero attached hydrogens (tertiary/aromatic N) is 1. The smallest absolute Gasteiger partial charge is 0.187 e. The molecule has 0 spiro atoms. The van der Waals surface area contributed by atoms with Crippen LogP contribution in [0.2, 0.25) is 0 Å². The Bertz CT molecular complexity index is 420. The Morgan fingerprint density at radius 1 is 1.35 bits per heavy atom. The molecule has 2 rings (SSSR count). The summed E-state index contributed by atoms with van der Waals surface area (Å²) in [5.74, 6) is 0.714. The molecule has 0 saturated carbocycles. The van der Waals surface area contributed by atoms with E-state index in [-0.39, 0.29) is 5.60 Å². The van der Waals surface area contributed by atoms with Crippen LogP contribution in [0.1, 0.15) is 20.8 Å². The highest BCUT2D eigenvalue weighted by molar-refractivity contribution is 5.73. The third-order valence-corrected chi connectivity index (χ3v) is 2.57. The Balaban J connectivity index is 2.21. The topological polar surface area (TPSA) is 24.5 Å². The molecule has 1 aliphatic heterocycles. The summed E-state index contributed by atoms with van der Waals surface area (Å²) in [7, 11) is 0. The maximum absolute atomic E-state index is 5.84. The van der Waals surface area contributed by atoms with Crippen LogP contribution in [0.3, 0.4) is 0 Å². The van der Waals surface area contributed by atoms with Crippen LogP contribution in [-0.2, 0) is 4.74 Å². The van der Waals surface area contributed by atoms with Gasteiger partial charge in [0, 0.05) is 13.1 Å². The van der Waals surface area contributed by atoms with E-state index in [1.54, 1.807) is 0 Å². The van der Waals surface area contributed by atoms with Gasteiger partial charge in [-0.15, -0.1) is 0 Å². The van der Waals surface area contributed by atoms with Crippen LogP contribution in [0.5, 0.6) is 0 Å². The summed E-state index contributed by atoms with van der Waals surface area (Å²) in [6.45, 7) is 11.9. The average molecular weight is 232 g/mol. The summed E-state index contributed by atoms with van der Waals surface area (Å²) in [6, 6.07) is 8.22. The summed E-state index contributed by atoms with van der Waals surface area (Å²) in [5.41, 5.74) is 2.06. The van der Waals surface area contributed by atoms with Crippen LogP contribution in [0, 0.1) is 0 Å². The molecule has 0 unspecified atom stereocenters. The maximum atomic E-state index is 5.84. The number of ether oxygens (including phenoxy) is 1. The fraction of sp³-hybridized carbons (Fsp3) is 0.429. The number of anilines is 2. The van der Waals surface area contributed by atoms with Crippen molar-refractivity contribution in [3.8, 4) is 0 Å². The van der Waals surface area contributed by atoms with Crippen molar-refractivity contribution < 1.29 is 4.74 Å². The molecule has 0 fully saturated rings. The van der Waals surface area contributed by atoms with E-state index in [1.165, 1.54) is 0 Å². The SMILES string of the molecule is C=C(OC(C)(C)C)N1CCNc2ccccc21. The number of hydrogen-bond acceptors (Lipinski definition) is 3.